The van der Waals surface area contributed by atoms with Gasteiger partial charge in [-0.3, -0.25) is 0 Å². The van der Waals surface area contributed by atoms with Gasteiger partial charge in [-0.1, -0.05) is 0 Å². The smallest absolute Gasteiger partial charge is 0.338 e. The molecule has 1 rings (SSSR count). The predicted molar refractivity (Wildman–Crippen MR) is 72.1 cm³/mol. The Kier molecular flexibility index (Phi) is 4.66. The Labute approximate surface area is 107 Å². The van der Waals surface area contributed by atoms with Crippen LogP contribution < -0.4 is 0 Å². The van der Waals surface area contributed by atoms with Crippen LogP contribution in [-0.2, 0) is 4.74 Å². The molecule has 0 atom stereocenters. The predicted octanol–water partition coefficient (Wildman–Crippen LogP) is 1.38. The molecule has 5 heteroatoms. The molecule has 0 bridgehead atoms. The van der Waals surface area contributed by atoms with Gasteiger partial charge in [-0.25, -0.2) is 4.79 Å². The monoisotopic (exact) mass is 418 g/mol. The van der Waals surface area contributed by atoms with Crippen molar-refractivity contribution in [2.75, 3.05) is 6.23 Å². The normalized spacial score (nSPS) is 10.0. The van der Waals surface area contributed by atoms with Crippen LogP contribution in [0.1, 0.15) is 10.4 Å². The van der Waals surface area contributed by atoms with E-state index in [2.05, 4.69) is 45.2 Å². The third kappa shape index (κ3) is 3.20. The van der Waals surface area contributed by atoms with E-state index in [1.165, 1.54) is 0 Å². The first kappa shape index (κ1) is 11.4. The summed E-state index contributed by atoms with van der Waals surface area (Å²) in [4.78, 5) is 11.4. The zero-order chi connectivity index (χ0) is 9.84. The maximum absolute atomic E-state index is 11.4. The minimum absolute atomic E-state index is 0.210. The molecule has 0 radical (unpaired) electrons. The Morgan fingerprint density at radius 3 is 2.77 bits per heavy atom. The van der Waals surface area contributed by atoms with Gasteiger partial charge in [0, 0.05) is 7.14 Å². The molecule has 0 saturated carbocycles. The van der Waals surface area contributed by atoms with Crippen molar-refractivity contribution in [3.8, 4) is 0 Å². The summed E-state index contributed by atoms with van der Waals surface area (Å²) in [5, 5.41) is 0. The molecule has 0 aliphatic carbocycles. The van der Waals surface area contributed by atoms with Gasteiger partial charge >= 0.3 is 5.97 Å². The van der Waals surface area contributed by atoms with Crippen LogP contribution in [0, 0.1) is 7.14 Å². The molecule has 0 aliphatic heterocycles. The second-order valence-corrected chi connectivity index (χ2v) is 5.33. The second kappa shape index (κ2) is 5.30. The van der Waals surface area contributed by atoms with E-state index in [0.29, 0.717) is 11.8 Å². The Bertz CT molecular complexity index is 328. The van der Waals surface area contributed by atoms with Gasteiger partial charge in [0.2, 0.25) is 0 Å². The number of carbonyl (C=O) groups is 1. The molecule has 0 fully saturated rings. The zero-order valence-corrected chi connectivity index (χ0v) is 13.3. The molecule has 0 unspecified atom stereocenters. The highest BCUT2D eigenvalue weighted by Crippen LogP contribution is 2.16. The summed E-state index contributed by atoms with van der Waals surface area (Å²) in [6.07, 6.45) is 0.556. The average molecular weight is 418 g/mol. The lowest BCUT2D eigenvalue weighted by molar-refractivity contribution is 0.0572. The fourth-order valence-corrected chi connectivity index (χ4v) is 2.17. The number of hydrogen-bond acceptors (Lipinski definition) is 2. The minimum Gasteiger partial charge on any atom is -0.467 e. The van der Waals surface area contributed by atoms with Gasteiger partial charge in [0.1, 0.15) is 0 Å². The third-order valence-corrected chi connectivity index (χ3v) is 3.32. The van der Waals surface area contributed by atoms with Gasteiger partial charge in [-0.05, 0) is 63.4 Å². The van der Waals surface area contributed by atoms with Crippen molar-refractivity contribution in [1.29, 1.82) is 0 Å². The first-order valence-corrected chi connectivity index (χ1v) is 7.34. The SMILES string of the molecule is O=C(OC[SiH3])c1cc(I)ccc1I. The lowest BCUT2D eigenvalue weighted by Gasteiger charge is -2.04. The van der Waals surface area contributed by atoms with Crippen LogP contribution in [0.5, 0.6) is 0 Å². The number of ether oxygens (including phenoxy) is 1. The minimum atomic E-state index is -0.210. The maximum Gasteiger partial charge on any atom is 0.338 e. The largest absolute Gasteiger partial charge is 0.467 e. The lowest BCUT2D eigenvalue weighted by atomic mass is 10.2. The molecule has 0 amide bonds. The fourth-order valence-electron chi connectivity index (χ4n) is 0.863. The molecule has 70 valence electrons. The van der Waals surface area contributed by atoms with E-state index in [-0.39, 0.29) is 5.97 Å². The Morgan fingerprint density at radius 1 is 1.46 bits per heavy atom. The van der Waals surface area contributed by atoms with Crippen molar-refractivity contribution < 1.29 is 9.53 Å². The second-order valence-electron chi connectivity index (χ2n) is 2.34. The molecule has 0 spiro atoms. The Morgan fingerprint density at radius 2 is 2.15 bits per heavy atom. The van der Waals surface area contributed by atoms with E-state index < -0.39 is 0 Å². The molecule has 0 heterocycles. The van der Waals surface area contributed by atoms with Gasteiger partial charge in [-0.15, -0.1) is 0 Å². The highest BCUT2D eigenvalue weighted by Gasteiger charge is 2.10. The van der Waals surface area contributed by atoms with Gasteiger partial charge in [0.15, 0.2) is 0 Å². The highest BCUT2D eigenvalue weighted by molar-refractivity contribution is 14.1. The molecular formula is C8H8I2O2Si. The molecule has 13 heavy (non-hydrogen) atoms. The van der Waals surface area contributed by atoms with E-state index in [9.17, 15) is 4.79 Å². The van der Waals surface area contributed by atoms with E-state index >= 15 is 0 Å². The molecule has 0 saturated heterocycles. The molecule has 2 nitrogen and oxygen atoms in total. The fraction of sp³-hybridized carbons (Fsp3) is 0.125. The zero-order valence-electron chi connectivity index (χ0n) is 7.01. The summed E-state index contributed by atoms with van der Waals surface area (Å²) in [5.41, 5.74) is 0.670. The van der Waals surface area contributed by atoms with Crippen LogP contribution in [-0.4, -0.2) is 22.4 Å². The van der Waals surface area contributed by atoms with Crippen molar-refractivity contribution in [2.24, 2.45) is 0 Å². The van der Waals surface area contributed by atoms with Crippen molar-refractivity contribution in [3.05, 3.63) is 30.9 Å². The van der Waals surface area contributed by atoms with Crippen molar-refractivity contribution >= 4 is 61.4 Å². The van der Waals surface area contributed by atoms with Crippen molar-refractivity contribution in [2.45, 2.75) is 0 Å². The molecule has 0 aromatic heterocycles. The van der Waals surface area contributed by atoms with Crippen LogP contribution in [0.4, 0.5) is 0 Å². The Hall–Kier alpha value is 0.367. The number of halogens is 2. The van der Waals surface area contributed by atoms with Gasteiger partial charge in [0.25, 0.3) is 0 Å². The van der Waals surface area contributed by atoms with Crippen molar-refractivity contribution in [3.63, 3.8) is 0 Å². The summed E-state index contributed by atoms with van der Waals surface area (Å²) in [5.74, 6) is -0.210. The summed E-state index contributed by atoms with van der Waals surface area (Å²) in [7, 11) is 0.887. The van der Waals surface area contributed by atoms with E-state index in [1.807, 2.05) is 18.2 Å². The van der Waals surface area contributed by atoms with Crippen LogP contribution >= 0.6 is 45.2 Å². The van der Waals surface area contributed by atoms with Gasteiger partial charge < -0.3 is 4.74 Å². The summed E-state index contributed by atoms with van der Waals surface area (Å²) in [6.45, 7) is 0. The standard InChI is InChI=1S/C8H8I2O2Si/c9-5-1-2-7(10)6(3-5)8(11)12-4-13/h1-3H,4H2,13H3. The topological polar surface area (TPSA) is 26.3 Å². The molecule has 1 aromatic carbocycles. The van der Waals surface area contributed by atoms with Crippen LogP contribution in [0.3, 0.4) is 0 Å². The first-order valence-electron chi connectivity index (χ1n) is 3.77. The van der Waals surface area contributed by atoms with E-state index in [4.69, 9.17) is 4.74 Å². The number of hydrogen-bond donors (Lipinski definition) is 0. The Balaban J connectivity index is 2.99. The van der Waals surface area contributed by atoms with Crippen LogP contribution in [0.25, 0.3) is 0 Å². The number of carbonyl (C=O) groups excluding carboxylic acids is 1. The van der Waals surface area contributed by atoms with E-state index in [1.54, 1.807) is 0 Å². The number of esters is 1. The maximum atomic E-state index is 11.4. The van der Waals surface area contributed by atoms with Crippen LogP contribution in [0.15, 0.2) is 18.2 Å². The molecule has 0 aliphatic rings. The third-order valence-electron chi connectivity index (χ3n) is 1.42. The quantitative estimate of drug-likeness (QED) is 0.413. The number of benzene rings is 1. The van der Waals surface area contributed by atoms with E-state index in [0.717, 1.165) is 17.4 Å². The summed E-state index contributed by atoms with van der Waals surface area (Å²) < 4.78 is 6.98. The van der Waals surface area contributed by atoms with Gasteiger partial charge in [-0.2, -0.15) is 0 Å². The first-order chi connectivity index (χ1) is 6.15. The highest BCUT2D eigenvalue weighted by atomic mass is 127. The molecule has 1 aromatic rings. The van der Waals surface area contributed by atoms with Crippen molar-refractivity contribution in [1.82, 2.24) is 0 Å². The summed E-state index contributed by atoms with van der Waals surface area (Å²) in [6, 6.07) is 5.74. The van der Waals surface area contributed by atoms with Gasteiger partial charge in [0.05, 0.1) is 22.0 Å². The van der Waals surface area contributed by atoms with Crippen LogP contribution in [0.2, 0.25) is 0 Å². The molecular weight excluding hydrogens is 410 g/mol. The average Bonchev–Trinajstić information content (AvgIpc) is 2.09. The lowest BCUT2D eigenvalue weighted by Crippen LogP contribution is -2.08. The summed E-state index contributed by atoms with van der Waals surface area (Å²) >= 11 is 4.32. The molecule has 0 N–H and O–H groups in total. The number of rotatable bonds is 2.